The topological polar surface area (TPSA) is 50.7 Å². The fourth-order valence-corrected chi connectivity index (χ4v) is 2.71. The van der Waals surface area contributed by atoms with Crippen molar-refractivity contribution in [1.82, 2.24) is 14.3 Å². The van der Waals surface area contributed by atoms with E-state index in [0.717, 1.165) is 22.5 Å². The molecule has 0 aliphatic rings. The van der Waals surface area contributed by atoms with Gasteiger partial charge in [0, 0.05) is 28.0 Å². The Bertz CT molecular complexity index is 496. The van der Waals surface area contributed by atoms with Crippen molar-refractivity contribution in [2.75, 3.05) is 5.32 Å². The summed E-state index contributed by atoms with van der Waals surface area (Å²) >= 11 is 3.11. The highest BCUT2D eigenvalue weighted by atomic mass is 32.1. The second-order valence-electron chi connectivity index (χ2n) is 4.89. The third kappa shape index (κ3) is 3.23. The van der Waals surface area contributed by atoms with Crippen molar-refractivity contribution in [3.63, 3.8) is 0 Å². The molecule has 0 spiro atoms. The monoisotopic (exact) mass is 268 g/mol. The third-order valence-electron chi connectivity index (χ3n) is 2.16. The lowest BCUT2D eigenvalue weighted by Gasteiger charge is -2.12. The standard InChI is InChI=1S/C11H16N4S2/c1-7-5-12-8(16-7)6-13-10-14-9(15-17-10)11(2,3)4/h5H,6H2,1-4H3,(H,13,14,15). The lowest BCUT2D eigenvalue weighted by molar-refractivity contribution is 0.555. The Labute approximate surface area is 109 Å². The number of aromatic nitrogens is 3. The normalized spacial score (nSPS) is 11.8. The molecule has 92 valence electrons. The molecule has 0 fully saturated rings. The van der Waals surface area contributed by atoms with E-state index in [2.05, 4.69) is 47.4 Å². The van der Waals surface area contributed by atoms with Crippen molar-refractivity contribution in [2.45, 2.75) is 39.7 Å². The molecule has 0 bridgehead atoms. The Hall–Kier alpha value is -1.01. The molecule has 0 aliphatic carbocycles. The number of rotatable bonds is 3. The summed E-state index contributed by atoms with van der Waals surface area (Å²) in [7, 11) is 0. The van der Waals surface area contributed by atoms with E-state index in [-0.39, 0.29) is 5.41 Å². The Morgan fingerprint density at radius 1 is 1.35 bits per heavy atom. The molecule has 2 heterocycles. The van der Waals surface area contributed by atoms with Crippen molar-refractivity contribution >= 4 is 28.0 Å². The third-order valence-corrected chi connectivity index (χ3v) is 3.74. The van der Waals surface area contributed by atoms with E-state index < -0.39 is 0 Å². The molecule has 2 rings (SSSR count). The first kappa shape index (κ1) is 12.4. The average Bonchev–Trinajstić information content (AvgIpc) is 2.82. The van der Waals surface area contributed by atoms with Crippen molar-refractivity contribution in [2.24, 2.45) is 0 Å². The first-order valence-electron chi connectivity index (χ1n) is 5.44. The van der Waals surface area contributed by atoms with Crippen molar-refractivity contribution < 1.29 is 0 Å². The van der Waals surface area contributed by atoms with Crippen LogP contribution in [0.1, 0.15) is 36.5 Å². The van der Waals surface area contributed by atoms with Crippen LogP contribution in [0.2, 0.25) is 0 Å². The molecule has 6 heteroatoms. The summed E-state index contributed by atoms with van der Waals surface area (Å²) in [6.07, 6.45) is 1.89. The molecule has 2 aromatic heterocycles. The van der Waals surface area contributed by atoms with E-state index in [1.54, 1.807) is 11.3 Å². The minimum Gasteiger partial charge on any atom is -0.354 e. The minimum atomic E-state index is 0.00813. The van der Waals surface area contributed by atoms with Crippen LogP contribution in [0, 0.1) is 6.92 Å². The molecule has 0 unspecified atom stereocenters. The van der Waals surface area contributed by atoms with Crippen LogP contribution in [0.3, 0.4) is 0 Å². The van der Waals surface area contributed by atoms with Gasteiger partial charge in [-0.2, -0.15) is 4.37 Å². The number of hydrogen-bond acceptors (Lipinski definition) is 6. The second kappa shape index (κ2) is 4.70. The fraction of sp³-hybridized carbons (Fsp3) is 0.545. The van der Waals surface area contributed by atoms with E-state index in [4.69, 9.17) is 0 Å². The summed E-state index contributed by atoms with van der Waals surface area (Å²) in [4.78, 5) is 10.0. The molecule has 0 saturated heterocycles. The summed E-state index contributed by atoms with van der Waals surface area (Å²) < 4.78 is 4.36. The van der Waals surface area contributed by atoms with Gasteiger partial charge >= 0.3 is 0 Å². The largest absolute Gasteiger partial charge is 0.354 e. The highest BCUT2D eigenvalue weighted by molar-refractivity contribution is 7.11. The maximum Gasteiger partial charge on any atom is 0.202 e. The smallest absolute Gasteiger partial charge is 0.202 e. The van der Waals surface area contributed by atoms with Gasteiger partial charge in [-0.05, 0) is 6.92 Å². The lowest BCUT2D eigenvalue weighted by Crippen LogP contribution is -2.13. The molecule has 17 heavy (non-hydrogen) atoms. The molecule has 0 radical (unpaired) electrons. The SMILES string of the molecule is Cc1cnc(CNc2nc(C(C)(C)C)ns2)s1. The van der Waals surface area contributed by atoms with Crippen LogP contribution in [0.4, 0.5) is 5.13 Å². The van der Waals surface area contributed by atoms with Crippen LogP contribution < -0.4 is 5.32 Å². The summed E-state index contributed by atoms with van der Waals surface area (Å²) in [5.74, 6) is 0.889. The number of nitrogens with zero attached hydrogens (tertiary/aromatic N) is 3. The van der Waals surface area contributed by atoms with Gasteiger partial charge in [0.2, 0.25) is 5.13 Å². The fourth-order valence-electron chi connectivity index (χ4n) is 1.23. The molecule has 2 aromatic rings. The van der Waals surface area contributed by atoms with Crippen LogP contribution in [-0.2, 0) is 12.0 Å². The Morgan fingerprint density at radius 3 is 2.65 bits per heavy atom. The first-order chi connectivity index (χ1) is 7.95. The lowest BCUT2D eigenvalue weighted by atomic mass is 9.96. The van der Waals surface area contributed by atoms with Gasteiger partial charge in [0.1, 0.15) is 10.8 Å². The first-order valence-corrected chi connectivity index (χ1v) is 7.03. The minimum absolute atomic E-state index is 0.00813. The van der Waals surface area contributed by atoms with Gasteiger partial charge < -0.3 is 5.32 Å². The molecule has 0 amide bonds. The van der Waals surface area contributed by atoms with Gasteiger partial charge in [0.05, 0.1) is 6.54 Å². The summed E-state index contributed by atoms with van der Waals surface area (Å²) in [5.41, 5.74) is 0.00813. The van der Waals surface area contributed by atoms with Crippen LogP contribution in [0.5, 0.6) is 0 Å². The van der Waals surface area contributed by atoms with Crippen molar-refractivity contribution in [3.05, 3.63) is 21.9 Å². The molecule has 1 N–H and O–H groups in total. The number of hydrogen-bond donors (Lipinski definition) is 1. The van der Waals surface area contributed by atoms with Gasteiger partial charge in [0.15, 0.2) is 0 Å². The molecular formula is C11H16N4S2. The summed E-state index contributed by atoms with van der Waals surface area (Å²) in [6.45, 7) is 9.12. The molecule has 0 saturated carbocycles. The maximum atomic E-state index is 4.48. The van der Waals surface area contributed by atoms with E-state index in [1.165, 1.54) is 16.4 Å². The number of nitrogens with one attached hydrogen (secondary N) is 1. The highest BCUT2D eigenvalue weighted by Gasteiger charge is 2.19. The number of aryl methyl sites for hydroxylation is 1. The van der Waals surface area contributed by atoms with Gasteiger partial charge in [0.25, 0.3) is 0 Å². The quantitative estimate of drug-likeness (QED) is 0.928. The van der Waals surface area contributed by atoms with Crippen LogP contribution >= 0.6 is 22.9 Å². The van der Waals surface area contributed by atoms with Crippen molar-refractivity contribution in [1.29, 1.82) is 0 Å². The van der Waals surface area contributed by atoms with Gasteiger partial charge in [-0.1, -0.05) is 20.8 Å². The van der Waals surface area contributed by atoms with Crippen LogP contribution in [0.25, 0.3) is 0 Å². The Kier molecular flexibility index (Phi) is 3.44. The zero-order chi connectivity index (χ0) is 12.5. The predicted octanol–water partition coefficient (Wildman–Crippen LogP) is 3.21. The highest BCUT2D eigenvalue weighted by Crippen LogP contribution is 2.23. The second-order valence-corrected chi connectivity index (χ2v) is 6.96. The Balaban J connectivity index is 1.98. The summed E-state index contributed by atoms with van der Waals surface area (Å²) in [6, 6.07) is 0. The zero-order valence-corrected chi connectivity index (χ0v) is 12.1. The predicted molar refractivity (Wildman–Crippen MR) is 72.8 cm³/mol. The average molecular weight is 268 g/mol. The van der Waals surface area contributed by atoms with Crippen molar-refractivity contribution in [3.8, 4) is 0 Å². The van der Waals surface area contributed by atoms with Gasteiger partial charge in [-0.3, -0.25) is 0 Å². The van der Waals surface area contributed by atoms with E-state index in [1.807, 2.05) is 6.20 Å². The summed E-state index contributed by atoms with van der Waals surface area (Å²) in [5, 5.41) is 5.20. The van der Waals surface area contributed by atoms with Gasteiger partial charge in [-0.25, -0.2) is 9.97 Å². The Morgan fingerprint density at radius 2 is 2.12 bits per heavy atom. The van der Waals surface area contributed by atoms with Crippen LogP contribution in [-0.4, -0.2) is 14.3 Å². The van der Waals surface area contributed by atoms with Crippen LogP contribution in [0.15, 0.2) is 6.20 Å². The zero-order valence-electron chi connectivity index (χ0n) is 10.4. The van der Waals surface area contributed by atoms with E-state index in [9.17, 15) is 0 Å². The molecule has 4 nitrogen and oxygen atoms in total. The van der Waals surface area contributed by atoms with Gasteiger partial charge in [-0.15, -0.1) is 11.3 Å². The number of anilines is 1. The molecular weight excluding hydrogens is 252 g/mol. The molecule has 0 aliphatic heterocycles. The number of thiazole rings is 1. The van der Waals surface area contributed by atoms with E-state index >= 15 is 0 Å². The maximum absolute atomic E-state index is 4.48. The van der Waals surface area contributed by atoms with E-state index in [0.29, 0.717) is 0 Å². The molecule has 0 aromatic carbocycles. The molecule has 0 atom stereocenters.